The standard InChI is InChI=1S/C26H27N3O2/c1-3-5-11-19(4-2)31-24-17-23(25(30)22-14-9-8-13-21(22)24)28-29-26-20-12-7-6-10-18(20)15-16-27-26/h6-10,12-17,19,30H,3-5,11H2,1-2H3. The van der Waals surface area contributed by atoms with E-state index < -0.39 is 0 Å². The van der Waals surface area contributed by atoms with Crippen LogP contribution < -0.4 is 4.74 Å². The van der Waals surface area contributed by atoms with Crippen molar-refractivity contribution in [2.24, 2.45) is 10.2 Å². The number of ether oxygens (including phenoxy) is 1. The van der Waals surface area contributed by atoms with Crippen molar-refractivity contribution in [3.8, 4) is 11.5 Å². The Balaban J connectivity index is 1.75. The summed E-state index contributed by atoms with van der Waals surface area (Å²) < 4.78 is 6.37. The molecule has 1 atom stereocenters. The van der Waals surface area contributed by atoms with Gasteiger partial charge in [-0.05, 0) is 24.3 Å². The quantitative estimate of drug-likeness (QED) is 0.299. The second-order valence-electron chi connectivity index (χ2n) is 7.63. The highest BCUT2D eigenvalue weighted by molar-refractivity contribution is 5.97. The maximum Gasteiger partial charge on any atom is 0.182 e. The lowest BCUT2D eigenvalue weighted by molar-refractivity contribution is 0.186. The van der Waals surface area contributed by atoms with Crippen LogP contribution in [0.25, 0.3) is 21.5 Å². The van der Waals surface area contributed by atoms with E-state index in [2.05, 4.69) is 29.1 Å². The highest BCUT2D eigenvalue weighted by atomic mass is 16.5. The number of phenols is 1. The summed E-state index contributed by atoms with van der Waals surface area (Å²) in [7, 11) is 0. The largest absolute Gasteiger partial charge is 0.505 e. The van der Waals surface area contributed by atoms with Crippen molar-refractivity contribution in [2.45, 2.75) is 45.6 Å². The maximum atomic E-state index is 10.9. The van der Waals surface area contributed by atoms with Crippen LogP contribution in [0.4, 0.5) is 11.5 Å². The van der Waals surface area contributed by atoms with E-state index in [1.807, 2.05) is 54.6 Å². The van der Waals surface area contributed by atoms with Gasteiger partial charge in [-0.3, -0.25) is 0 Å². The average Bonchev–Trinajstić information content (AvgIpc) is 2.82. The van der Waals surface area contributed by atoms with Crippen LogP contribution in [-0.2, 0) is 0 Å². The number of pyridine rings is 1. The van der Waals surface area contributed by atoms with Crippen LogP contribution in [0.3, 0.4) is 0 Å². The Bertz CT molecular complexity index is 1210. The van der Waals surface area contributed by atoms with Gasteiger partial charge in [-0.1, -0.05) is 75.2 Å². The number of unbranched alkanes of at least 4 members (excludes halogenated alkanes) is 1. The predicted octanol–water partition coefficient (Wildman–Crippen LogP) is 7.86. The topological polar surface area (TPSA) is 67.1 Å². The molecule has 4 rings (SSSR count). The van der Waals surface area contributed by atoms with Crippen molar-refractivity contribution in [1.82, 2.24) is 4.98 Å². The predicted molar refractivity (Wildman–Crippen MR) is 126 cm³/mol. The number of fused-ring (bicyclic) bond motifs is 2. The second-order valence-corrected chi connectivity index (χ2v) is 7.63. The van der Waals surface area contributed by atoms with Crippen molar-refractivity contribution in [1.29, 1.82) is 0 Å². The molecule has 5 heteroatoms. The minimum Gasteiger partial charge on any atom is -0.505 e. The first kappa shape index (κ1) is 20.8. The van der Waals surface area contributed by atoms with Gasteiger partial charge in [0.15, 0.2) is 11.6 Å². The molecule has 0 aliphatic heterocycles. The molecule has 158 valence electrons. The fraction of sp³-hybridized carbons (Fsp3) is 0.269. The Morgan fingerprint density at radius 3 is 2.45 bits per heavy atom. The highest BCUT2D eigenvalue weighted by Gasteiger charge is 2.16. The SMILES string of the molecule is CCCCC(CC)Oc1cc(N=Nc2nccc3ccccc23)c(O)c2ccccc12. The zero-order valence-corrected chi connectivity index (χ0v) is 18.0. The zero-order valence-electron chi connectivity index (χ0n) is 18.0. The number of hydrogen-bond donors (Lipinski definition) is 1. The Morgan fingerprint density at radius 1 is 0.935 bits per heavy atom. The number of aromatic nitrogens is 1. The highest BCUT2D eigenvalue weighted by Crippen LogP contribution is 2.42. The summed E-state index contributed by atoms with van der Waals surface area (Å²) in [6.45, 7) is 4.32. The summed E-state index contributed by atoms with van der Waals surface area (Å²) in [4.78, 5) is 4.36. The molecule has 0 aliphatic rings. The van der Waals surface area contributed by atoms with Crippen molar-refractivity contribution in [3.05, 3.63) is 66.9 Å². The van der Waals surface area contributed by atoms with Gasteiger partial charge in [-0.15, -0.1) is 10.2 Å². The van der Waals surface area contributed by atoms with Crippen LogP contribution in [0.5, 0.6) is 11.5 Å². The van der Waals surface area contributed by atoms with E-state index in [1.54, 1.807) is 12.3 Å². The van der Waals surface area contributed by atoms with Gasteiger partial charge in [0, 0.05) is 28.4 Å². The third-order valence-corrected chi connectivity index (χ3v) is 5.49. The van der Waals surface area contributed by atoms with E-state index in [1.165, 1.54) is 0 Å². The molecule has 4 aromatic rings. The van der Waals surface area contributed by atoms with E-state index in [4.69, 9.17) is 4.74 Å². The number of nitrogens with zero attached hydrogens (tertiary/aromatic N) is 3. The molecule has 0 spiro atoms. The van der Waals surface area contributed by atoms with Gasteiger partial charge in [0.1, 0.15) is 11.4 Å². The van der Waals surface area contributed by atoms with Crippen LogP contribution in [0.1, 0.15) is 39.5 Å². The summed E-state index contributed by atoms with van der Waals surface area (Å²) in [5.41, 5.74) is 0.369. The first-order chi connectivity index (χ1) is 15.2. The molecule has 0 aliphatic carbocycles. The number of azo groups is 1. The maximum absolute atomic E-state index is 10.9. The van der Waals surface area contributed by atoms with Gasteiger partial charge in [-0.2, -0.15) is 0 Å². The first-order valence-corrected chi connectivity index (χ1v) is 10.9. The second kappa shape index (κ2) is 9.56. The van der Waals surface area contributed by atoms with Gasteiger partial charge in [-0.25, -0.2) is 4.98 Å². The molecule has 0 amide bonds. The molecule has 0 saturated heterocycles. The van der Waals surface area contributed by atoms with Gasteiger partial charge in [0.25, 0.3) is 0 Å². The van der Waals surface area contributed by atoms with Gasteiger partial charge in [0.05, 0.1) is 6.10 Å². The van der Waals surface area contributed by atoms with E-state index >= 15 is 0 Å². The van der Waals surface area contributed by atoms with Crippen LogP contribution in [0, 0.1) is 0 Å². The normalized spacial score (nSPS) is 12.6. The van der Waals surface area contributed by atoms with Crippen LogP contribution in [0.2, 0.25) is 0 Å². The van der Waals surface area contributed by atoms with Gasteiger partial charge in [0.2, 0.25) is 0 Å². The molecular weight excluding hydrogens is 386 g/mol. The summed E-state index contributed by atoms with van der Waals surface area (Å²) in [6, 6.07) is 19.3. The molecule has 5 nitrogen and oxygen atoms in total. The Hall–Kier alpha value is -3.47. The number of aromatic hydroxyl groups is 1. The molecule has 31 heavy (non-hydrogen) atoms. The Morgan fingerprint density at radius 2 is 1.68 bits per heavy atom. The lowest BCUT2D eigenvalue weighted by atomic mass is 10.1. The summed E-state index contributed by atoms with van der Waals surface area (Å²) in [5.74, 6) is 1.33. The fourth-order valence-electron chi connectivity index (χ4n) is 3.73. The summed E-state index contributed by atoms with van der Waals surface area (Å²) >= 11 is 0. The Kier molecular flexibility index (Phi) is 6.41. The van der Waals surface area contributed by atoms with Gasteiger partial charge >= 0.3 is 0 Å². The average molecular weight is 414 g/mol. The van der Waals surface area contributed by atoms with E-state index in [-0.39, 0.29) is 11.9 Å². The van der Waals surface area contributed by atoms with E-state index in [0.29, 0.717) is 16.9 Å². The first-order valence-electron chi connectivity index (χ1n) is 10.9. The summed E-state index contributed by atoms with van der Waals surface area (Å²) in [6.07, 6.45) is 6.01. The molecule has 0 saturated carbocycles. The van der Waals surface area contributed by atoms with Crippen molar-refractivity contribution >= 4 is 33.1 Å². The molecule has 1 heterocycles. The fourth-order valence-corrected chi connectivity index (χ4v) is 3.73. The van der Waals surface area contributed by atoms with Crippen molar-refractivity contribution in [2.75, 3.05) is 0 Å². The van der Waals surface area contributed by atoms with Crippen LogP contribution in [-0.4, -0.2) is 16.2 Å². The molecule has 0 bridgehead atoms. The molecule has 3 aromatic carbocycles. The zero-order chi connectivity index (χ0) is 21.6. The molecule has 1 N–H and O–H groups in total. The summed E-state index contributed by atoms with van der Waals surface area (Å²) in [5, 5.41) is 23.1. The number of rotatable bonds is 8. The van der Waals surface area contributed by atoms with Gasteiger partial charge < -0.3 is 9.84 Å². The molecule has 0 fully saturated rings. The lowest BCUT2D eigenvalue weighted by Crippen LogP contribution is -2.15. The molecule has 0 radical (unpaired) electrons. The number of hydrogen-bond acceptors (Lipinski definition) is 5. The Labute approximate surface area is 182 Å². The smallest absolute Gasteiger partial charge is 0.182 e. The van der Waals surface area contributed by atoms with E-state index in [0.717, 1.165) is 47.6 Å². The lowest BCUT2D eigenvalue weighted by Gasteiger charge is -2.19. The van der Waals surface area contributed by atoms with Crippen molar-refractivity contribution < 1.29 is 9.84 Å². The molecule has 1 aromatic heterocycles. The van der Waals surface area contributed by atoms with Crippen LogP contribution >= 0.6 is 0 Å². The number of phenolic OH excluding ortho intramolecular Hbond substituents is 1. The molecular formula is C26H27N3O2. The molecule has 1 unspecified atom stereocenters. The minimum atomic E-state index is 0.0912. The monoisotopic (exact) mass is 413 g/mol. The number of benzene rings is 3. The third kappa shape index (κ3) is 4.50. The minimum absolute atomic E-state index is 0.0912. The van der Waals surface area contributed by atoms with E-state index in [9.17, 15) is 5.11 Å². The van der Waals surface area contributed by atoms with Crippen LogP contribution in [0.15, 0.2) is 77.1 Å². The van der Waals surface area contributed by atoms with Crippen molar-refractivity contribution in [3.63, 3.8) is 0 Å². The third-order valence-electron chi connectivity index (χ3n) is 5.49.